The van der Waals surface area contributed by atoms with Gasteiger partial charge in [-0.3, -0.25) is 4.79 Å². The van der Waals surface area contributed by atoms with Crippen LogP contribution in [0.5, 0.6) is 0 Å². The Morgan fingerprint density at radius 1 is 1.18 bits per heavy atom. The maximum Gasteiger partial charge on any atom is 0.219 e. The molecule has 1 amide bonds. The molecule has 0 atom stereocenters. The number of amides is 1. The molecule has 0 saturated carbocycles. The Morgan fingerprint density at radius 3 is 2.24 bits per heavy atom. The fraction of sp³-hybridized carbons (Fsp3) is 0.385. The van der Waals surface area contributed by atoms with E-state index in [1.807, 2.05) is 29.2 Å². The average molecular weight is 229 g/mol. The van der Waals surface area contributed by atoms with Gasteiger partial charge in [-0.05, 0) is 24.3 Å². The highest BCUT2D eigenvalue weighted by Gasteiger charge is 2.18. The van der Waals surface area contributed by atoms with Gasteiger partial charge in [-0.25, -0.2) is 0 Å². The van der Waals surface area contributed by atoms with Gasteiger partial charge in [-0.2, -0.15) is 5.26 Å². The molecule has 0 aliphatic carbocycles. The zero-order valence-corrected chi connectivity index (χ0v) is 9.89. The number of nitriles is 1. The van der Waals surface area contributed by atoms with E-state index >= 15 is 0 Å². The SMILES string of the molecule is CC(=O)N1CCN(c2ccc(C#N)cc2)CC1. The fourth-order valence-electron chi connectivity index (χ4n) is 2.03. The highest BCUT2D eigenvalue weighted by Crippen LogP contribution is 2.17. The number of carbonyl (C=O) groups excluding carboxylic acids is 1. The summed E-state index contributed by atoms with van der Waals surface area (Å²) in [6.07, 6.45) is 0. The van der Waals surface area contributed by atoms with Crippen LogP contribution in [0.4, 0.5) is 5.69 Å². The van der Waals surface area contributed by atoms with E-state index in [0.717, 1.165) is 31.9 Å². The van der Waals surface area contributed by atoms with E-state index in [4.69, 9.17) is 5.26 Å². The molecular formula is C13H15N3O. The molecular weight excluding hydrogens is 214 g/mol. The molecule has 0 aromatic heterocycles. The topological polar surface area (TPSA) is 47.3 Å². The minimum absolute atomic E-state index is 0.143. The first-order chi connectivity index (χ1) is 8.20. The van der Waals surface area contributed by atoms with Crippen molar-refractivity contribution in [2.45, 2.75) is 6.92 Å². The normalized spacial score (nSPS) is 15.5. The number of nitrogens with zero attached hydrogens (tertiary/aromatic N) is 3. The van der Waals surface area contributed by atoms with Gasteiger partial charge in [0.05, 0.1) is 11.6 Å². The van der Waals surface area contributed by atoms with E-state index in [-0.39, 0.29) is 5.91 Å². The molecule has 4 nitrogen and oxygen atoms in total. The monoisotopic (exact) mass is 229 g/mol. The number of carbonyl (C=O) groups is 1. The summed E-state index contributed by atoms with van der Waals surface area (Å²) < 4.78 is 0. The maximum absolute atomic E-state index is 11.2. The minimum atomic E-state index is 0.143. The molecule has 2 rings (SSSR count). The van der Waals surface area contributed by atoms with E-state index in [0.29, 0.717) is 5.56 Å². The van der Waals surface area contributed by atoms with Gasteiger partial charge in [0.15, 0.2) is 0 Å². The quantitative estimate of drug-likeness (QED) is 0.727. The van der Waals surface area contributed by atoms with Crippen molar-refractivity contribution in [3.63, 3.8) is 0 Å². The summed E-state index contributed by atoms with van der Waals surface area (Å²) in [7, 11) is 0. The van der Waals surface area contributed by atoms with Crippen molar-refractivity contribution in [3.8, 4) is 6.07 Å². The van der Waals surface area contributed by atoms with Crippen LogP contribution in [0.15, 0.2) is 24.3 Å². The van der Waals surface area contributed by atoms with Crippen molar-refractivity contribution in [2.75, 3.05) is 31.1 Å². The lowest BCUT2D eigenvalue weighted by Crippen LogP contribution is -2.48. The molecule has 0 N–H and O–H groups in total. The van der Waals surface area contributed by atoms with Crippen LogP contribution in [0.3, 0.4) is 0 Å². The summed E-state index contributed by atoms with van der Waals surface area (Å²) in [6, 6.07) is 9.68. The van der Waals surface area contributed by atoms with E-state index in [9.17, 15) is 4.79 Å². The lowest BCUT2D eigenvalue weighted by molar-refractivity contribution is -0.129. The van der Waals surface area contributed by atoms with Gasteiger partial charge < -0.3 is 9.80 Å². The molecule has 1 heterocycles. The summed E-state index contributed by atoms with van der Waals surface area (Å²) in [5.41, 5.74) is 1.79. The third-order valence-corrected chi connectivity index (χ3v) is 3.09. The average Bonchev–Trinajstić information content (AvgIpc) is 2.39. The number of hydrogen-bond donors (Lipinski definition) is 0. The predicted molar refractivity (Wildman–Crippen MR) is 65.6 cm³/mol. The number of benzene rings is 1. The van der Waals surface area contributed by atoms with Gasteiger partial charge in [0, 0.05) is 38.8 Å². The summed E-state index contributed by atoms with van der Waals surface area (Å²) in [4.78, 5) is 15.3. The van der Waals surface area contributed by atoms with Crippen LogP contribution >= 0.6 is 0 Å². The summed E-state index contributed by atoms with van der Waals surface area (Å²) in [6.45, 7) is 4.86. The van der Waals surface area contributed by atoms with Crippen LogP contribution in [0.2, 0.25) is 0 Å². The minimum Gasteiger partial charge on any atom is -0.368 e. The first-order valence-corrected chi connectivity index (χ1v) is 5.71. The third-order valence-electron chi connectivity index (χ3n) is 3.09. The Balaban J connectivity index is 2.00. The summed E-state index contributed by atoms with van der Waals surface area (Å²) in [5, 5.41) is 8.73. The van der Waals surface area contributed by atoms with Gasteiger partial charge in [0.1, 0.15) is 0 Å². The first kappa shape index (κ1) is 11.5. The van der Waals surface area contributed by atoms with Crippen molar-refractivity contribution < 1.29 is 4.79 Å². The van der Waals surface area contributed by atoms with E-state index < -0.39 is 0 Å². The molecule has 1 fully saturated rings. The zero-order valence-electron chi connectivity index (χ0n) is 9.89. The Bertz CT molecular complexity index is 439. The van der Waals surface area contributed by atoms with E-state index in [1.54, 1.807) is 6.92 Å². The van der Waals surface area contributed by atoms with E-state index in [1.165, 1.54) is 0 Å². The second-order valence-corrected chi connectivity index (χ2v) is 4.15. The van der Waals surface area contributed by atoms with Crippen LogP contribution in [0.25, 0.3) is 0 Å². The Kier molecular flexibility index (Phi) is 3.29. The predicted octanol–water partition coefficient (Wildman–Crippen LogP) is 1.23. The molecule has 17 heavy (non-hydrogen) atoms. The van der Waals surface area contributed by atoms with Gasteiger partial charge in [0.25, 0.3) is 0 Å². The number of piperazine rings is 1. The standard InChI is InChI=1S/C13H15N3O/c1-11(17)15-6-8-16(9-7-15)13-4-2-12(10-14)3-5-13/h2-5H,6-9H2,1H3. The second kappa shape index (κ2) is 4.88. The van der Waals surface area contributed by atoms with E-state index in [2.05, 4.69) is 11.0 Å². The van der Waals surface area contributed by atoms with Gasteiger partial charge >= 0.3 is 0 Å². The van der Waals surface area contributed by atoms with Crippen molar-refractivity contribution in [1.29, 1.82) is 5.26 Å². The lowest BCUT2D eigenvalue weighted by atomic mass is 10.2. The molecule has 1 aliphatic heterocycles. The van der Waals surface area contributed by atoms with Crippen molar-refractivity contribution >= 4 is 11.6 Å². The van der Waals surface area contributed by atoms with Crippen LogP contribution in [-0.2, 0) is 4.79 Å². The number of rotatable bonds is 1. The molecule has 1 aromatic rings. The third kappa shape index (κ3) is 2.56. The summed E-state index contributed by atoms with van der Waals surface area (Å²) >= 11 is 0. The molecule has 1 saturated heterocycles. The van der Waals surface area contributed by atoms with Crippen molar-refractivity contribution in [2.24, 2.45) is 0 Å². The molecule has 0 unspecified atom stereocenters. The highest BCUT2D eigenvalue weighted by atomic mass is 16.2. The summed E-state index contributed by atoms with van der Waals surface area (Å²) in [5.74, 6) is 0.143. The van der Waals surface area contributed by atoms with Gasteiger partial charge in [0.2, 0.25) is 5.91 Å². The number of hydrogen-bond acceptors (Lipinski definition) is 3. The van der Waals surface area contributed by atoms with Crippen molar-refractivity contribution in [1.82, 2.24) is 4.90 Å². The molecule has 88 valence electrons. The number of anilines is 1. The second-order valence-electron chi connectivity index (χ2n) is 4.15. The Hall–Kier alpha value is -2.02. The van der Waals surface area contributed by atoms with Crippen LogP contribution in [-0.4, -0.2) is 37.0 Å². The van der Waals surface area contributed by atoms with Gasteiger partial charge in [-0.15, -0.1) is 0 Å². The maximum atomic E-state index is 11.2. The Morgan fingerprint density at radius 2 is 1.76 bits per heavy atom. The zero-order chi connectivity index (χ0) is 12.3. The largest absolute Gasteiger partial charge is 0.368 e. The molecule has 0 radical (unpaired) electrons. The fourth-order valence-corrected chi connectivity index (χ4v) is 2.03. The molecule has 1 aliphatic rings. The smallest absolute Gasteiger partial charge is 0.219 e. The lowest BCUT2D eigenvalue weighted by Gasteiger charge is -2.35. The molecule has 1 aromatic carbocycles. The van der Waals surface area contributed by atoms with Crippen LogP contribution < -0.4 is 4.90 Å². The van der Waals surface area contributed by atoms with Crippen LogP contribution in [0.1, 0.15) is 12.5 Å². The Labute approximate surface area is 101 Å². The van der Waals surface area contributed by atoms with Crippen LogP contribution in [0, 0.1) is 11.3 Å². The van der Waals surface area contributed by atoms with Gasteiger partial charge in [-0.1, -0.05) is 0 Å². The van der Waals surface area contributed by atoms with Crippen molar-refractivity contribution in [3.05, 3.63) is 29.8 Å². The first-order valence-electron chi connectivity index (χ1n) is 5.71. The molecule has 0 bridgehead atoms. The highest BCUT2D eigenvalue weighted by molar-refractivity contribution is 5.73. The molecule has 4 heteroatoms. The molecule has 0 spiro atoms.